The molecule has 2 heterocycles. The minimum Gasteiger partial charge on any atom is -0.390 e. The van der Waals surface area contributed by atoms with Crippen LogP contribution in [0.5, 0.6) is 0 Å². The first-order valence-electron chi connectivity index (χ1n) is 6.69. The van der Waals surface area contributed by atoms with Crippen molar-refractivity contribution in [3.8, 4) is 0 Å². The first kappa shape index (κ1) is 13.5. The SMILES string of the molecule is Cn1cnc(CCNCC(O)CN2CCCC2)n1. The van der Waals surface area contributed by atoms with E-state index in [-0.39, 0.29) is 6.10 Å². The van der Waals surface area contributed by atoms with Crippen LogP contribution in [0.2, 0.25) is 0 Å². The zero-order valence-electron chi connectivity index (χ0n) is 11.0. The van der Waals surface area contributed by atoms with E-state index in [2.05, 4.69) is 20.3 Å². The number of aliphatic hydroxyl groups excluding tert-OH is 1. The molecule has 0 saturated carbocycles. The standard InChI is InChI=1S/C12H23N5O/c1-16-10-14-12(15-16)4-5-13-8-11(18)9-17-6-2-3-7-17/h10-11,13,18H,2-9H2,1H3. The van der Waals surface area contributed by atoms with Gasteiger partial charge < -0.3 is 15.3 Å². The number of likely N-dealkylation sites (tertiary alicyclic amines) is 1. The molecule has 6 heteroatoms. The predicted octanol–water partition coefficient (Wildman–Crippen LogP) is -0.596. The van der Waals surface area contributed by atoms with E-state index in [1.165, 1.54) is 12.8 Å². The van der Waals surface area contributed by atoms with E-state index in [0.29, 0.717) is 6.54 Å². The van der Waals surface area contributed by atoms with Crippen molar-refractivity contribution in [2.45, 2.75) is 25.4 Å². The van der Waals surface area contributed by atoms with Gasteiger partial charge in [0.2, 0.25) is 0 Å². The van der Waals surface area contributed by atoms with E-state index in [1.54, 1.807) is 11.0 Å². The van der Waals surface area contributed by atoms with Crippen LogP contribution in [0.15, 0.2) is 6.33 Å². The lowest BCUT2D eigenvalue weighted by Gasteiger charge is -2.19. The Bertz CT molecular complexity index is 348. The number of aromatic nitrogens is 3. The maximum absolute atomic E-state index is 9.87. The summed E-state index contributed by atoms with van der Waals surface area (Å²) in [7, 11) is 1.86. The summed E-state index contributed by atoms with van der Waals surface area (Å²) in [6.07, 6.45) is 4.77. The topological polar surface area (TPSA) is 66.2 Å². The van der Waals surface area contributed by atoms with Gasteiger partial charge in [0.05, 0.1) is 6.10 Å². The highest BCUT2D eigenvalue weighted by atomic mass is 16.3. The summed E-state index contributed by atoms with van der Waals surface area (Å²) < 4.78 is 1.71. The van der Waals surface area contributed by atoms with Gasteiger partial charge in [0, 0.05) is 33.1 Å². The van der Waals surface area contributed by atoms with Gasteiger partial charge in [-0.3, -0.25) is 4.68 Å². The summed E-state index contributed by atoms with van der Waals surface area (Å²) in [6, 6.07) is 0. The van der Waals surface area contributed by atoms with Gasteiger partial charge in [-0.15, -0.1) is 0 Å². The third kappa shape index (κ3) is 4.36. The average Bonchev–Trinajstić information content (AvgIpc) is 2.96. The van der Waals surface area contributed by atoms with Gasteiger partial charge in [-0.1, -0.05) is 0 Å². The molecule has 1 unspecified atom stereocenters. The van der Waals surface area contributed by atoms with Crippen LogP contribution in [0.25, 0.3) is 0 Å². The fourth-order valence-electron chi connectivity index (χ4n) is 2.30. The normalized spacial score (nSPS) is 18.3. The van der Waals surface area contributed by atoms with Crippen molar-refractivity contribution in [2.75, 3.05) is 32.7 Å². The molecule has 2 N–H and O–H groups in total. The Morgan fingerprint density at radius 1 is 1.44 bits per heavy atom. The molecule has 0 aromatic carbocycles. The van der Waals surface area contributed by atoms with Crippen LogP contribution in [0, 0.1) is 0 Å². The van der Waals surface area contributed by atoms with Gasteiger partial charge in [0.1, 0.15) is 6.33 Å². The second kappa shape index (κ2) is 6.82. The number of nitrogens with zero attached hydrogens (tertiary/aromatic N) is 4. The molecule has 0 radical (unpaired) electrons. The molecule has 1 atom stereocenters. The molecule has 6 nitrogen and oxygen atoms in total. The fraction of sp³-hybridized carbons (Fsp3) is 0.833. The number of hydrogen-bond donors (Lipinski definition) is 2. The molecule has 1 aromatic heterocycles. The van der Waals surface area contributed by atoms with Crippen LogP contribution in [-0.2, 0) is 13.5 Å². The molecule has 0 aliphatic carbocycles. The van der Waals surface area contributed by atoms with Crippen molar-refractivity contribution in [1.82, 2.24) is 25.0 Å². The number of hydrogen-bond acceptors (Lipinski definition) is 5. The largest absolute Gasteiger partial charge is 0.390 e. The van der Waals surface area contributed by atoms with Gasteiger partial charge in [-0.05, 0) is 25.9 Å². The molecular formula is C12H23N5O. The zero-order valence-corrected chi connectivity index (χ0v) is 11.0. The van der Waals surface area contributed by atoms with E-state index in [4.69, 9.17) is 0 Å². The molecule has 102 valence electrons. The quantitative estimate of drug-likeness (QED) is 0.636. The summed E-state index contributed by atoms with van der Waals surface area (Å²) in [5, 5.41) is 17.3. The lowest BCUT2D eigenvalue weighted by Crippen LogP contribution is -2.37. The number of aliphatic hydroxyl groups is 1. The minimum absolute atomic E-state index is 0.278. The first-order valence-corrected chi connectivity index (χ1v) is 6.69. The van der Waals surface area contributed by atoms with Crippen molar-refractivity contribution in [3.63, 3.8) is 0 Å². The summed E-state index contributed by atoms with van der Waals surface area (Å²) in [4.78, 5) is 6.48. The molecule has 1 aliphatic heterocycles. The van der Waals surface area contributed by atoms with Crippen LogP contribution < -0.4 is 5.32 Å². The summed E-state index contributed by atoms with van der Waals surface area (Å²) in [5.74, 6) is 0.846. The maximum atomic E-state index is 9.87. The lowest BCUT2D eigenvalue weighted by molar-refractivity contribution is 0.124. The molecule has 1 aromatic rings. The molecule has 2 rings (SSSR count). The molecule has 0 spiro atoms. The Morgan fingerprint density at radius 3 is 2.89 bits per heavy atom. The Labute approximate surface area is 108 Å². The van der Waals surface area contributed by atoms with Crippen molar-refractivity contribution in [1.29, 1.82) is 0 Å². The van der Waals surface area contributed by atoms with E-state index >= 15 is 0 Å². The highest BCUT2D eigenvalue weighted by Gasteiger charge is 2.15. The summed E-state index contributed by atoms with van der Waals surface area (Å²) >= 11 is 0. The number of β-amino-alcohol motifs (C(OH)–C–C–N with tert-alkyl or cyclic N) is 1. The molecular weight excluding hydrogens is 230 g/mol. The van der Waals surface area contributed by atoms with Gasteiger partial charge in [0.25, 0.3) is 0 Å². The Morgan fingerprint density at radius 2 is 2.22 bits per heavy atom. The van der Waals surface area contributed by atoms with Gasteiger partial charge in [0.15, 0.2) is 5.82 Å². The minimum atomic E-state index is -0.278. The molecule has 0 amide bonds. The second-order valence-electron chi connectivity index (χ2n) is 4.95. The molecule has 0 bridgehead atoms. The average molecular weight is 253 g/mol. The number of aryl methyl sites for hydroxylation is 1. The van der Waals surface area contributed by atoms with Crippen LogP contribution in [0.1, 0.15) is 18.7 Å². The number of nitrogens with one attached hydrogen (secondary N) is 1. The summed E-state index contributed by atoms with van der Waals surface area (Å²) in [5.41, 5.74) is 0. The Kier molecular flexibility index (Phi) is 5.10. The van der Waals surface area contributed by atoms with Crippen LogP contribution >= 0.6 is 0 Å². The Balaban J connectivity index is 1.54. The molecule has 1 saturated heterocycles. The van der Waals surface area contributed by atoms with E-state index < -0.39 is 0 Å². The van der Waals surface area contributed by atoms with Crippen LogP contribution in [0.3, 0.4) is 0 Å². The fourth-order valence-corrected chi connectivity index (χ4v) is 2.30. The Hall–Kier alpha value is -0.980. The van der Waals surface area contributed by atoms with Crippen molar-refractivity contribution in [2.24, 2.45) is 7.05 Å². The molecule has 1 aliphatic rings. The van der Waals surface area contributed by atoms with Crippen LogP contribution in [-0.4, -0.2) is 63.6 Å². The number of rotatable bonds is 7. The van der Waals surface area contributed by atoms with Gasteiger partial charge in [-0.2, -0.15) is 5.10 Å². The van der Waals surface area contributed by atoms with E-state index in [1.807, 2.05) is 7.05 Å². The molecule has 18 heavy (non-hydrogen) atoms. The lowest BCUT2D eigenvalue weighted by atomic mass is 10.3. The maximum Gasteiger partial charge on any atom is 0.151 e. The van der Waals surface area contributed by atoms with Gasteiger partial charge >= 0.3 is 0 Å². The van der Waals surface area contributed by atoms with E-state index in [9.17, 15) is 5.11 Å². The molecule has 1 fully saturated rings. The van der Waals surface area contributed by atoms with E-state index in [0.717, 1.165) is 38.4 Å². The van der Waals surface area contributed by atoms with Crippen molar-refractivity contribution in [3.05, 3.63) is 12.2 Å². The smallest absolute Gasteiger partial charge is 0.151 e. The summed E-state index contributed by atoms with van der Waals surface area (Å²) in [6.45, 7) is 4.50. The van der Waals surface area contributed by atoms with Gasteiger partial charge in [-0.25, -0.2) is 4.98 Å². The highest BCUT2D eigenvalue weighted by Crippen LogP contribution is 2.07. The third-order valence-corrected chi connectivity index (χ3v) is 3.22. The van der Waals surface area contributed by atoms with Crippen LogP contribution in [0.4, 0.5) is 0 Å². The highest BCUT2D eigenvalue weighted by molar-refractivity contribution is 4.82. The van der Waals surface area contributed by atoms with Crippen molar-refractivity contribution >= 4 is 0 Å². The zero-order chi connectivity index (χ0) is 12.8. The van der Waals surface area contributed by atoms with Crippen molar-refractivity contribution < 1.29 is 5.11 Å². The monoisotopic (exact) mass is 253 g/mol. The predicted molar refractivity (Wildman–Crippen MR) is 69.3 cm³/mol. The first-order chi connectivity index (χ1) is 8.74. The second-order valence-corrected chi connectivity index (χ2v) is 4.95. The third-order valence-electron chi connectivity index (χ3n) is 3.22.